The molecule has 5 rings (SSSR count). The van der Waals surface area contributed by atoms with Gasteiger partial charge in [0, 0.05) is 17.0 Å². The molecular formula is C25H23N2O2. The summed E-state index contributed by atoms with van der Waals surface area (Å²) in [7, 11) is 3.41. The molecule has 0 aliphatic heterocycles. The molecule has 0 unspecified atom stereocenters. The van der Waals surface area contributed by atoms with Gasteiger partial charge in [-0.25, -0.2) is 0 Å². The van der Waals surface area contributed by atoms with E-state index >= 15 is 0 Å². The van der Waals surface area contributed by atoms with Gasteiger partial charge >= 0.3 is 0 Å². The molecular weight excluding hydrogens is 360 g/mol. The number of ether oxygens (including phenoxy) is 2. The van der Waals surface area contributed by atoms with E-state index in [2.05, 4.69) is 54.6 Å². The Morgan fingerprint density at radius 2 is 1.62 bits per heavy atom. The van der Waals surface area contributed by atoms with Gasteiger partial charge in [-0.05, 0) is 80.0 Å². The number of fused-ring (bicyclic) bond motifs is 3. The predicted octanol–water partition coefficient (Wildman–Crippen LogP) is 4.47. The van der Waals surface area contributed by atoms with E-state index < -0.39 is 0 Å². The fourth-order valence-corrected chi connectivity index (χ4v) is 4.22. The molecule has 4 heteroatoms. The molecule has 1 aromatic heterocycles. The van der Waals surface area contributed by atoms with Crippen LogP contribution in [-0.2, 0) is 19.4 Å². The van der Waals surface area contributed by atoms with E-state index in [1.54, 1.807) is 14.2 Å². The molecule has 0 bridgehead atoms. The van der Waals surface area contributed by atoms with Crippen LogP contribution >= 0.6 is 0 Å². The van der Waals surface area contributed by atoms with E-state index in [1.165, 1.54) is 33.9 Å². The van der Waals surface area contributed by atoms with Crippen molar-refractivity contribution in [2.75, 3.05) is 14.2 Å². The van der Waals surface area contributed by atoms with Crippen LogP contribution in [0.4, 0.5) is 0 Å². The molecule has 2 aromatic carbocycles. The Morgan fingerprint density at radius 1 is 0.897 bits per heavy atom. The van der Waals surface area contributed by atoms with Gasteiger partial charge in [-0.2, -0.15) is 5.10 Å². The molecule has 0 saturated heterocycles. The first-order valence-electron chi connectivity index (χ1n) is 9.89. The number of aryl methyl sites for hydroxylation is 1. The third-order valence-electron chi connectivity index (χ3n) is 5.69. The maximum atomic E-state index is 5.42. The second-order valence-electron chi connectivity index (χ2n) is 7.38. The second kappa shape index (κ2) is 7.58. The van der Waals surface area contributed by atoms with E-state index in [9.17, 15) is 0 Å². The Bertz CT molecular complexity index is 1010. The molecule has 0 atom stereocenters. The third-order valence-corrected chi connectivity index (χ3v) is 5.69. The normalized spacial score (nSPS) is 15.8. The number of nitrogens with zero attached hydrogens (tertiary/aromatic N) is 2. The molecule has 3 aromatic rings. The molecule has 145 valence electrons. The Morgan fingerprint density at radius 3 is 2.34 bits per heavy atom. The Balaban J connectivity index is 1.58. The van der Waals surface area contributed by atoms with E-state index in [0.717, 1.165) is 36.6 Å². The van der Waals surface area contributed by atoms with E-state index in [1.807, 2.05) is 18.2 Å². The maximum Gasteiger partial charge on any atom is 0.119 e. The minimum atomic E-state index is 0.725. The van der Waals surface area contributed by atoms with Crippen molar-refractivity contribution in [3.05, 3.63) is 96.5 Å². The second-order valence-corrected chi connectivity index (χ2v) is 7.38. The average Bonchev–Trinajstić information content (AvgIpc) is 3.41. The third kappa shape index (κ3) is 3.31. The summed E-state index contributed by atoms with van der Waals surface area (Å²) in [5.74, 6) is 3.00. The summed E-state index contributed by atoms with van der Waals surface area (Å²) >= 11 is 0. The predicted molar refractivity (Wildman–Crippen MR) is 113 cm³/mol. The van der Waals surface area contributed by atoms with Crippen LogP contribution in [0.3, 0.4) is 0 Å². The molecule has 4 nitrogen and oxygen atoms in total. The van der Waals surface area contributed by atoms with Crippen molar-refractivity contribution in [3.8, 4) is 22.8 Å². The first-order chi connectivity index (χ1) is 14.3. The lowest BCUT2D eigenvalue weighted by molar-refractivity contribution is 0.414. The van der Waals surface area contributed by atoms with Crippen LogP contribution in [0.15, 0.2) is 42.5 Å². The van der Waals surface area contributed by atoms with Crippen molar-refractivity contribution < 1.29 is 9.47 Å². The molecule has 0 N–H and O–H groups in total. The lowest BCUT2D eigenvalue weighted by Gasteiger charge is -2.19. The van der Waals surface area contributed by atoms with Crippen LogP contribution in [0.1, 0.15) is 22.4 Å². The lowest BCUT2D eigenvalue weighted by Crippen LogP contribution is -2.12. The van der Waals surface area contributed by atoms with Gasteiger partial charge < -0.3 is 9.47 Å². The minimum absolute atomic E-state index is 0.725. The van der Waals surface area contributed by atoms with E-state index in [0.29, 0.717) is 0 Å². The van der Waals surface area contributed by atoms with Crippen molar-refractivity contribution in [1.29, 1.82) is 0 Å². The van der Waals surface area contributed by atoms with Crippen molar-refractivity contribution in [2.45, 2.75) is 19.4 Å². The monoisotopic (exact) mass is 383 g/mol. The summed E-state index contributed by atoms with van der Waals surface area (Å²) < 4.78 is 12.9. The zero-order valence-electron chi connectivity index (χ0n) is 16.7. The quantitative estimate of drug-likeness (QED) is 0.652. The highest BCUT2D eigenvalue weighted by Gasteiger charge is 2.31. The fourth-order valence-electron chi connectivity index (χ4n) is 4.22. The molecule has 0 amide bonds. The molecule has 29 heavy (non-hydrogen) atoms. The molecule has 5 radical (unpaired) electrons. The average molecular weight is 383 g/mol. The molecule has 0 spiro atoms. The Labute approximate surface area is 172 Å². The topological polar surface area (TPSA) is 36.3 Å². The lowest BCUT2D eigenvalue weighted by atomic mass is 9.86. The summed E-state index contributed by atoms with van der Waals surface area (Å²) in [6.45, 7) is 0.725. The van der Waals surface area contributed by atoms with Crippen molar-refractivity contribution in [2.24, 2.45) is 0 Å². The SMILES string of the molecule is COc1ccc(Cn2nc3c(c2[C]2[CH][CH][CH][CH]2)CCc2cc(OC)ccc2-3)cc1. The first kappa shape index (κ1) is 18.3. The summed E-state index contributed by atoms with van der Waals surface area (Å²) in [5.41, 5.74) is 7.38. The standard InChI is InChI=1S/C25H23N2O2/c1-28-20-10-7-17(8-11-20)16-27-25(18-5-3-4-6-18)23-13-9-19-15-21(29-2)12-14-22(19)24(23)26-27/h3-8,10-12,14-15H,9,13,16H2,1-2H3. The van der Waals surface area contributed by atoms with Gasteiger partial charge in [0.25, 0.3) is 0 Å². The highest BCUT2D eigenvalue weighted by atomic mass is 16.5. The van der Waals surface area contributed by atoms with Gasteiger partial charge in [0.2, 0.25) is 0 Å². The Kier molecular flexibility index (Phi) is 4.78. The van der Waals surface area contributed by atoms with E-state index in [-0.39, 0.29) is 0 Å². The van der Waals surface area contributed by atoms with Crippen LogP contribution in [-0.4, -0.2) is 24.0 Å². The number of benzene rings is 2. The summed E-state index contributed by atoms with van der Waals surface area (Å²) in [4.78, 5) is 0. The fraction of sp³-hybridized carbons (Fsp3) is 0.200. The summed E-state index contributed by atoms with van der Waals surface area (Å²) in [5, 5.41) is 5.09. The van der Waals surface area contributed by atoms with Gasteiger partial charge in [0.15, 0.2) is 0 Å². The number of hydrogen-bond acceptors (Lipinski definition) is 3. The van der Waals surface area contributed by atoms with Crippen molar-refractivity contribution >= 4 is 0 Å². The van der Waals surface area contributed by atoms with Crippen LogP contribution in [0, 0.1) is 31.6 Å². The summed E-state index contributed by atoms with van der Waals surface area (Å²) in [6, 6.07) is 14.5. The smallest absolute Gasteiger partial charge is 0.119 e. The molecule has 2 aliphatic rings. The molecule has 1 fully saturated rings. The number of rotatable bonds is 5. The largest absolute Gasteiger partial charge is 0.497 e. The van der Waals surface area contributed by atoms with Crippen LogP contribution in [0.2, 0.25) is 0 Å². The highest BCUT2D eigenvalue weighted by Crippen LogP contribution is 2.41. The minimum Gasteiger partial charge on any atom is -0.497 e. The van der Waals surface area contributed by atoms with Gasteiger partial charge in [0.05, 0.1) is 32.2 Å². The summed E-state index contributed by atoms with van der Waals surface area (Å²) in [6.07, 6.45) is 10.5. The van der Waals surface area contributed by atoms with E-state index in [4.69, 9.17) is 14.6 Å². The molecule has 2 aliphatic carbocycles. The van der Waals surface area contributed by atoms with Crippen LogP contribution in [0.25, 0.3) is 11.3 Å². The maximum absolute atomic E-state index is 5.42. The van der Waals surface area contributed by atoms with Crippen molar-refractivity contribution in [1.82, 2.24) is 9.78 Å². The Hall–Kier alpha value is -2.75. The molecule has 1 heterocycles. The van der Waals surface area contributed by atoms with Crippen LogP contribution in [0.5, 0.6) is 11.5 Å². The van der Waals surface area contributed by atoms with Crippen LogP contribution < -0.4 is 9.47 Å². The van der Waals surface area contributed by atoms with Crippen molar-refractivity contribution in [3.63, 3.8) is 0 Å². The van der Waals surface area contributed by atoms with Gasteiger partial charge in [-0.3, -0.25) is 4.68 Å². The highest BCUT2D eigenvalue weighted by molar-refractivity contribution is 5.73. The zero-order chi connectivity index (χ0) is 19.8. The number of methoxy groups -OCH3 is 2. The van der Waals surface area contributed by atoms with Gasteiger partial charge in [-0.15, -0.1) is 0 Å². The zero-order valence-corrected chi connectivity index (χ0v) is 16.7. The van der Waals surface area contributed by atoms with Gasteiger partial charge in [0.1, 0.15) is 11.5 Å². The first-order valence-corrected chi connectivity index (χ1v) is 9.89. The molecule has 1 saturated carbocycles. The number of aromatic nitrogens is 2. The number of hydrogen-bond donors (Lipinski definition) is 0. The van der Waals surface area contributed by atoms with Gasteiger partial charge in [-0.1, -0.05) is 12.1 Å².